The van der Waals surface area contributed by atoms with Crippen LogP contribution in [0.2, 0.25) is 0 Å². The van der Waals surface area contributed by atoms with Crippen molar-refractivity contribution < 1.29 is 9.84 Å². The summed E-state index contributed by atoms with van der Waals surface area (Å²) in [6.07, 6.45) is 6.31. The summed E-state index contributed by atoms with van der Waals surface area (Å²) < 4.78 is 5.00. The second-order valence-corrected chi connectivity index (χ2v) is 6.15. The highest BCUT2D eigenvalue weighted by Gasteiger charge is 2.32. The molecule has 0 radical (unpaired) electrons. The molecule has 1 atom stereocenters. The van der Waals surface area contributed by atoms with Gasteiger partial charge in [0.05, 0.1) is 12.7 Å². The first-order valence-corrected chi connectivity index (χ1v) is 7.68. The lowest BCUT2D eigenvalue weighted by atomic mass is 9.73. The first kappa shape index (κ1) is 16.9. The first-order chi connectivity index (χ1) is 9.12. The molecule has 0 aromatic carbocycles. The number of methoxy groups -OCH3 is 1. The van der Waals surface area contributed by atoms with Crippen LogP contribution in [0.3, 0.4) is 0 Å². The number of aliphatic hydroxyl groups is 1. The van der Waals surface area contributed by atoms with E-state index in [4.69, 9.17) is 4.74 Å². The number of hydrogen-bond acceptors (Lipinski definition) is 4. The van der Waals surface area contributed by atoms with Gasteiger partial charge in [0, 0.05) is 26.7 Å². The monoisotopic (exact) mass is 272 g/mol. The van der Waals surface area contributed by atoms with E-state index in [0.29, 0.717) is 18.6 Å². The van der Waals surface area contributed by atoms with Gasteiger partial charge in [-0.1, -0.05) is 26.2 Å². The molecule has 2 N–H and O–H groups in total. The average molecular weight is 272 g/mol. The van der Waals surface area contributed by atoms with Crippen molar-refractivity contribution >= 4 is 0 Å². The van der Waals surface area contributed by atoms with Crippen LogP contribution in [-0.2, 0) is 4.74 Å². The Bertz CT molecular complexity index is 230. The van der Waals surface area contributed by atoms with Crippen LogP contribution in [0, 0.1) is 5.41 Å². The van der Waals surface area contributed by atoms with Gasteiger partial charge < -0.3 is 20.1 Å². The normalized spacial score (nSPS) is 20.7. The van der Waals surface area contributed by atoms with Gasteiger partial charge in [-0.15, -0.1) is 0 Å². The molecule has 0 aliphatic heterocycles. The molecule has 1 saturated carbocycles. The Morgan fingerprint density at radius 1 is 1.32 bits per heavy atom. The number of nitrogens with zero attached hydrogens (tertiary/aromatic N) is 1. The molecule has 0 aromatic rings. The lowest BCUT2D eigenvalue weighted by Gasteiger charge is -2.41. The van der Waals surface area contributed by atoms with Gasteiger partial charge in [-0.25, -0.2) is 0 Å². The van der Waals surface area contributed by atoms with Gasteiger partial charge in [-0.3, -0.25) is 0 Å². The summed E-state index contributed by atoms with van der Waals surface area (Å²) in [6, 6.07) is 0. The van der Waals surface area contributed by atoms with Gasteiger partial charge in [-0.05, 0) is 31.8 Å². The van der Waals surface area contributed by atoms with Gasteiger partial charge in [0.15, 0.2) is 0 Å². The van der Waals surface area contributed by atoms with Gasteiger partial charge in [0.25, 0.3) is 0 Å². The van der Waals surface area contributed by atoms with Crippen LogP contribution in [0.4, 0.5) is 0 Å². The molecule has 0 amide bonds. The van der Waals surface area contributed by atoms with E-state index in [1.54, 1.807) is 7.11 Å². The maximum absolute atomic E-state index is 9.83. The minimum atomic E-state index is -0.380. The minimum absolute atomic E-state index is 0.380. The number of nitrogens with one attached hydrogen (secondary N) is 1. The lowest BCUT2D eigenvalue weighted by molar-refractivity contribution is 0.0278. The van der Waals surface area contributed by atoms with Gasteiger partial charge in [0.2, 0.25) is 0 Å². The van der Waals surface area contributed by atoms with Crippen molar-refractivity contribution in [2.24, 2.45) is 5.41 Å². The summed E-state index contributed by atoms with van der Waals surface area (Å²) in [5.74, 6) is 0. The maximum Gasteiger partial charge on any atom is 0.0899 e. The van der Waals surface area contributed by atoms with Crippen molar-refractivity contribution in [1.29, 1.82) is 0 Å². The van der Waals surface area contributed by atoms with E-state index < -0.39 is 0 Å². The fraction of sp³-hybridized carbons (Fsp3) is 1.00. The number of aliphatic hydroxyl groups excluding tert-OH is 1. The molecule has 19 heavy (non-hydrogen) atoms. The number of likely N-dealkylation sites (N-methyl/N-ethyl adjacent to an activating group) is 1. The van der Waals surface area contributed by atoms with Crippen LogP contribution >= 0.6 is 0 Å². The van der Waals surface area contributed by atoms with Crippen LogP contribution in [0.25, 0.3) is 0 Å². The van der Waals surface area contributed by atoms with Crippen molar-refractivity contribution in [3.63, 3.8) is 0 Å². The smallest absolute Gasteiger partial charge is 0.0899 e. The van der Waals surface area contributed by atoms with E-state index in [-0.39, 0.29) is 6.10 Å². The molecule has 0 aromatic heterocycles. The van der Waals surface area contributed by atoms with E-state index in [1.807, 2.05) is 0 Å². The third-order valence-corrected chi connectivity index (χ3v) is 4.15. The number of hydrogen-bond donors (Lipinski definition) is 2. The molecule has 4 heteroatoms. The van der Waals surface area contributed by atoms with Crippen LogP contribution in [0.1, 0.15) is 39.0 Å². The zero-order valence-electron chi connectivity index (χ0n) is 13.0. The number of ether oxygens (including phenoxy) is 1. The molecule has 1 unspecified atom stereocenters. The molecule has 1 aliphatic carbocycles. The van der Waals surface area contributed by atoms with Gasteiger partial charge in [0.1, 0.15) is 0 Å². The predicted molar refractivity (Wildman–Crippen MR) is 79.4 cm³/mol. The molecule has 4 nitrogen and oxygen atoms in total. The summed E-state index contributed by atoms with van der Waals surface area (Å²) >= 11 is 0. The average Bonchev–Trinajstić information content (AvgIpc) is 2.37. The van der Waals surface area contributed by atoms with Crippen LogP contribution in [0.15, 0.2) is 0 Å². The molecular formula is C15H32N2O2. The molecule has 114 valence electrons. The fourth-order valence-electron chi connectivity index (χ4n) is 3.32. The molecule has 0 heterocycles. The second kappa shape index (κ2) is 8.90. The van der Waals surface area contributed by atoms with Crippen molar-refractivity contribution in [3.8, 4) is 0 Å². The zero-order chi connectivity index (χ0) is 14.1. The van der Waals surface area contributed by atoms with E-state index in [9.17, 15) is 5.11 Å². The molecule has 0 bridgehead atoms. The second-order valence-electron chi connectivity index (χ2n) is 6.15. The van der Waals surface area contributed by atoms with Crippen molar-refractivity contribution in [2.45, 2.75) is 45.1 Å². The highest BCUT2D eigenvalue weighted by molar-refractivity contribution is 4.87. The summed E-state index contributed by atoms with van der Waals surface area (Å²) in [7, 11) is 3.75. The quantitative estimate of drug-likeness (QED) is 0.667. The van der Waals surface area contributed by atoms with Crippen LogP contribution in [-0.4, -0.2) is 63.1 Å². The standard InChI is InChI=1S/C15H32N2O2/c1-4-16-12-15(8-6-5-7-9-15)13-17(2)10-14(18)11-19-3/h14,16,18H,4-13H2,1-3H3. The van der Waals surface area contributed by atoms with E-state index in [0.717, 1.165) is 19.6 Å². The Morgan fingerprint density at radius 3 is 2.58 bits per heavy atom. The molecule has 0 saturated heterocycles. The predicted octanol–water partition coefficient (Wildman–Crippen LogP) is 1.49. The third kappa shape index (κ3) is 6.21. The molecular weight excluding hydrogens is 240 g/mol. The highest BCUT2D eigenvalue weighted by atomic mass is 16.5. The minimum Gasteiger partial charge on any atom is -0.389 e. The summed E-state index contributed by atoms with van der Waals surface area (Å²) in [6.45, 7) is 6.50. The first-order valence-electron chi connectivity index (χ1n) is 7.68. The van der Waals surface area contributed by atoms with Gasteiger partial charge >= 0.3 is 0 Å². The zero-order valence-corrected chi connectivity index (χ0v) is 13.0. The SMILES string of the molecule is CCNCC1(CN(C)CC(O)COC)CCCCC1. The number of rotatable bonds is 9. The molecule has 1 rings (SSSR count). The Morgan fingerprint density at radius 2 is 2.00 bits per heavy atom. The topological polar surface area (TPSA) is 44.7 Å². The summed E-state index contributed by atoms with van der Waals surface area (Å²) in [4.78, 5) is 2.27. The third-order valence-electron chi connectivity index (χ3n) is 4.15. The Kier molecular flexibility index (Phi) is 7.91. The van der Waals surface area contributed by atoms with Crippen molar-refractivity contribution in [2.75, 3.05) is 46.9 Å². The van der Waals surface area contributed by atoms with Crippen molar-refractivity contribution in [3.05, 3.63) is 0 Å². The van der Waals surface area contributed by atoms with Crippen molar-refractivity contribution in [1.82, 2.24) is 10.2 Å². The fourth-order valence-corrected chi connectivity index (χ4v) is 3.32. The molecule has 1 fully saturated rings. The summed E-state index contributed by atoms with van der Waals surface area (Å²) in [5.41, 5.74) is 0.399. The van der Waals surface area contributed by atoms with Gasteiger partial charge in [-0.2, -0.15) is 0 Å². The Balaban J connectivity index is 2.46. The largest absolute Gasteiger partial charge is 0.389 e. The molecule has 0 spiro atoms. The van der Waals surface area contributed by atoms with E-state index >= 15 is 0 Å². The van der Waals surface area contributed by atoms with E-state index in [2.05, 4.69) is 24.2 Å². The summed E-state index contributed by atoms with van der Waals surface area (Å²) in [5, 5.41) is 13.4. The lowest BCUT2D eigenvalue weighted by Crippen LogP contribution is -2.46. The Labute approximate surface area is 118 Å². The van der Waals surface area contributed by atoms with Crippen LogP contribution < -0.4 is 5.32 Å². The van der Waals surface area contributed by atoms with Crippen LogP contribution in [0.5, 0.6) is 0 Å². The highest BCUT2D eigenvalue weighted by Crippen LogP contribution is 2.36. The van der Waals surface area contributed by atoms with E-state index in [1.165, 1.54) is 32.1 Å². The maximum atomic E-state index is 9.83. The Hall–Kier alpha value is -0.160. The molecule has 1 aliphatic rings.